The highest BCUT2D eigenvalue weighted by atomic mass is 35.5. The number of nitrogens with zero attached hydrogens (tertiary/aromatic N) is 1. The number of carbonyl (C=O) groups is 2. The van der Waals surface area contributed by atoms with Crippen LogP contribution in [0.5, 0.6) is 11.5 Å². The predicted molar refractivity (Wildman–Crippen MR) is 106 cm³/mol. The van der Waals surface area contributed by atoms with Gasteiger partial charge in [-0.2, -0.15) is 0 Å². The Kier molecular flexibility index (Phi) is 5.10. The lowest BCUT2D eigenvalue weighted by Gasteiger charge is -2.24. The Morgan fingerprint density at radius 1 is 1.24 bits per heavy atom. The third-order valence-corrected chi connectivity index (χ3v) is 5.38. The number of hydrogen-bond donors (Lipinski definition) is 1. The van der Waals surface area contributed by atoms with Crippen molar-refractivity contribution in [1.82, 2.24) is 10.2 Å². The lowest BCUT2D eigenvalue weighted by atomic mass is 9.92. The third-order valence-electron chi connectivity index (χ3n) is 5.16. The molecule has 2 aliphatic heterocycles. The Morgan fingerprint density at radius 2 is 2.03 bits per heavy atom. The largest absolute Gasteiger partial charge is 0.496 e. The molecule has 1 fully saturated rings. The third kappa shape index (κ3) is 3.63. The minimum Gasteiger partial charge on any atom is -0.496 e. The molecule has 2 aliphatic rings. The molecule has 2 aromatic rings. The predicted octanol–water partition coefficient (Wildman–Crippen LogP) is 3.27. The number of hydrogen-bond acceptors (Lipinski definition) is 5. The smallest absolute Gasteiger partial charge is 0.325 e. The fraction of sp³-hybridized carbons (Fsp3) is 0.333. The highest BCUT2D eigenvalue weighted by Gasteiger charge is 2.48. The molecule has 0 aromatic heterocycles. The second kappa shape index (κ2) is 7.57. The van der Waals surface area contributed by atoms with Crippen molar-refractivity contribution in [3.05, 3.63) is 58.1 Å². The van der Waals surface area contributed by atoms with E-state index in [0.717, 1.165) is 11.1 Å². The molecule has 0 unspecified atom stereocenters. The van der Waals surface area contributed by atoms with E-state index in [0.29, 0.717) is 35.1 Å². The van der Waals surface area contributed by atoms with E-state index in [2.05, 4.69) is 5.32 Å². The fourth-order valence-corrected chi connectivity index (χ4v) is 4.05. The quantitative estimate of drug-likeness (QED) is 0.757. The summed E-state index contributed by atoms with van der Waals surface area (Å²) < 4.78 is 16.3. The van der Waals surface area contributed by atoms with Gasteiger partial charge in [-0.1, -0.05) is 29.8 Å². The van der Waals surface area contributed by atoms with Gasteiger partial charge in [0.15, 0.2) is 6.79 Å². The summed E-state index contributed by atoms with van der Waals surface area (Å²) in [5.41, 5.74) is 1.23. The van der Waals surface area contributed by atoms with E-state index < -0.39 is 11.6 Å². The van der Waals surface area contributed by atoms with Crippen LogP contribution in [0.15, 0.2) is 36.4 Å². The molecule has 2 heterocycles. The van der Waals surface area contributed by atoms with Gasteiger partial charge in [-0.05, 0) is 30.7 Å². The summed E-state index contributed by atoms with van der Waals surface area (Å²) in [6, 6.07) is 10.5. The molecular formula is C21H21ClN2O5. The molecule has 0 spiro atoms. The maximum absolute atomic E-state index is 13.2. The SMILES string of the molecule is COc1ccccc1C[C@@]1(C)NC(=O)N(Cc2cc(Cl)cc3c2OCOC3)C1=O. The molecule has 0 bridgehead atoms. The van der Waals surface area contributed by atoms with Crippen LogP contribution in [-0.2, 0) is 29.1 Å². The van der Waals surface area contributed by atoms with E-state index in [1.165, 1.54) is 4.90 Å². The van der Waals surface area contributed by atoms with Crippen molar-refractivity contribution >= 4 is 23.5 Å². The topological polar surface area (TPSA) is 77.1 Å². The molecule has 2 aromatic carbocycles. The first-order valence-electron chi connectivity index (χ1n) is 9.19. The molecule has 8 heteroatoms. The van der Waals surface area contributed by atoms with Crippen molar-refractivity contribution < 1.29 is 23.8 Å². The van der Waals surface area contributed by atoms with E-state index in [9.17, 15) is 9.59 Å². The number of carbonyl (C=O) groups excluding carboxylic acids is 2. The number of nitrogens with one attached hydrogen (secondary N) is 1. The van der Waals surface area contributed by atoms with Crippen molar-refractivity contribution in [2.75, 3.05) is 13.9 Å². The first-order valence-corrected chi connectivity index (χ1v) is 9.57. The van der Waals surface area contributed by atoms with E-state index in [1.807, 2.05) is 24.3 Å². The summed E-state index contributed by atoms with van der Waals surface area (Å²) in [4.78, 5) is 27.1. The molecule has 1 atom stereocenters. The molecule has 0 aliphatic carbocycles. The highest BCUT2D eigenvalue weighted by molar-refractivity contribution is 6.30. The van der Waals surface area contributed by atoms with Gasteiger partial charge < -0.3 is 19.5 Å². The minimum atomic E-state index is -1.08. The number of halogens is 1. The van der Waals surface area contributed by atoms with Gasteiger partial charge in [0.05, 0.1) is 20.3 Å². The summed E-state index contributed by atoms with van der Waals surface area (Å²) in [6.07, 6.45) is 0.316. The van der Waals surface area contributed by atoms with Gasteiger partial charge in [-0.25, -0.2) is 4.79 Å². The molecular weight excluding hydrogens is 396 g/mol. The van der Waals surface area contributed by atoms with Crippen LogP contribution in [0.2, 0.25) is 5.02 Å². The van der Waals surface area contributed by atoms with Crippen LogP contribution in [0.25, 0.3) is 0 Å². The summed E-state index contributed by atoms with van der Waals surface area (Å²) in [6.45, 7) is 2.27. The maximum atomic E-state index is 13.2. The molecule has 3 amide bonds. The van der Waals surface area contributed by atoms with Gasteiger partial charge in [-0.15, -0.1) is 0 Å². The van der Waals surface area contributed by atoms with E-state index >= 15 is 0 Å². The lowest BCUT2D eigenvalue weighted by molar-refractivity contribution is -0.131. The van der Waals surface area contributed by atoms with Crippen LogP contribution in [-0.4, -0.2) is 36.3 Å². The Morgan fingerprint density at radius 3 is 2.83 bits per heavy atom. The van der Waals surface area contributed by atoms with Crippen molar-refractivity contribution in [3.8, 4) is 11.5 Å². The number of imide groups is 1. The molecule has 152 valence electrons. The molecule has 7 nitrogen and oxygen atoms in total. The van der Waals surface area contributed by atoms with Crippen LogP contribution >= 0.6 is 11.6 Å². The number of benzene rings is 2. The number of para-hydroxylation sites is 1. The maximum Gasteiger partial charge on any atom is 0.325 e. The Labute approximate surface area is 173 Å². The number of urea groups is 1. The van der Waals surface area contributed by atoms with Gasteiger partial charge in [0.25, 0.3) is 5.91 Å². The van der Waals surface area contributed by atoms with Gasteiger partial charge in [0.1, 0.15) is 17.0 Å². The average Bonchev–Trinajstić information content (AvgIpc) is 2.91. The van der Waals surface area contributed by atoms with Gasteiger partial charge in [0, 0.05) is 22.6 Å². The minimum absolute atomic E-state index is 0.0646. The zero-order chi connectivity index (χ0) is 20.6. The van der Waals surface area contributed by atoms with Crippen LogP contribution in [0, 0.1) is 0 Å². The van der Waals surface area contributed by atoms with Crippen LogP contribution in [0.4, 0.5) is 4.79 Å². The summed E-state index contributed by atoms with van der Waals surface area (Å²) >= 11 is 6.21. The molecule has 0 radical (unpaired) electrons. The normalized spacial score (nSPS) is 20.9. The van der Waals surface area contributed by atoms with Crippen molar-refractivity contribution in [2.45, 2.75) is 32.0 Å². The van der Waals surface area contributed by atoms with E-state index in [1.54, 1.807) is 26.2 Å². The average molecular weight is 417 g/mol. The summed E-state index contributed by atoms with van der Waals surface area (Å²) in [5, 5.41) is 3.33. The van der Waals surface area contributed by atoms with Gasteiger partial charge >= 0.3 is 6.03 Å². The zero-order valence-corrected chi connectivity index (χ0v) is 16.9. The first-order chi connectivity index (χ1) is 13.9. The Balaban J connectivity index is 1.60. The van der Waals surface area contributed by atoms with Crippen molar-refractivity contribution in [3.63, 3.8) is 0 Å². The van der Waals surface area contributed by atoms with E-state index in [-0.39, 0.29) is 19.2 Å². The zero-order valence-electron chi connectivity index (χ0n) is 16.2. The number of methoxy groups -OCH3 is 1. The second-order valence-corrected chi connectivity index (χ2v) is 7.74. The first kappa shape index (κ1) is 19.5. The molecule has 1 saturated heterocycles. The van der Waals surface area contributed by atoms with Gasteiger partial charge in [-0.3, -0.25) is 9.69 Å². The molecule has 4 rings (SSSR count). The van der Waals surface area contributed by atoms with Crippen LogP contribution in [0.3, 0.4) is 0 Å². The monoisotopic (exact) mass is 416 g/mol. The fourth-order valence-electron chi connectivity index (χ4n) is 3.78. The lowest BCUT2D eigenvalue weighted by Crippen LogP contribution is -2.46. The summed E-state index contributed by atoms with van der Waals surface area (Å²) in [5.74, 6) is 0.973. The van der Waals surface area contributed by atoms with Gasteiger partial charge in [0.2, 0.25) is 0 Å². The summed E-state index contributed by atoms with van der Waals surface area (Å²) in [7, 11) is 1.58. The van der Waals surface area contributed by atoms with Crippen LogP contribution in [0.1, 0.15) is 23.6 Å². The van der Waals surface area contributed by atoms with E-state index in [4.69, 9.17) is 25.8 Å². The Bertz CT molecular complexity index is 980. The van der Waals surface area contributed by atoms with Crippen molar-refractivity contribution in [2.24, 2.45) is 0 Å². The second-order valence-electron chi connectivity index (χ2n) is 7.31. The van der Waals surface area contributed by atoms with Crippen LogP contribution < -0.4 is 14.8 Å². The number of rotatable bonds is 5. The molecule has 0 saturated carbocycles. The highest BCUT2D eigenvalue weighted by Crippen LogP contribution is 2.34. The standard InChI is InChI=1S/C21H21ClN2O5/c1-21(9-13-5-3-4-6-17(13)27-2)19(25)24(20(26)23-21)10-14-7-16(22)8-15-11-28-12-29-18(14)15/h3-8H,9-12H2,1-2H3,(H,23,26)/t21-/m1/s1. The number of amides is 3. The molecule has 29 heavy (non-hydrogen) atoms. The van der Waals surface area contributed by atoms with Crippen molar-refractivity contribution in [1.29, 1.82) is 0 Å². The Hall–Kier alpha value is -2.77. The number of ether oxygens (including phenoxy) is 3. The number of fused-ring (bicyclic) bond motifs is 1. The molecule has 1 N–H and O–H groups in total.